The van der Waals surface area contributed by atoms with Crippen LogP contribution in [0.25, 0.3) is 16.6 Å². The van der Waals surface area contributed by atoms with Gasteiger partial charge in [-0.3, -0.25) is 4.57 Å². The first kappa shape index (κ1) is 16.7. The summed E-state index contributed by atoms with van der Waals surface area (Å²) < 4.78 is 5.79. The van der Waals surface area contributed by atoms with E-state index in [1.165, 1.54) is 29.9 Å². The van der Waals surface area contributed by atoms with Crippen LogP contribution in [-0.4, -0.2) is 13.9 Å². The van der Waals surface area contributed by atoms with Crippen LogP contribution >= 0.6 is 23.1 Å². The lowest BCUT2D eigenvalue weighted by Gasteiger charge is -2.15. The Morgan fingerprint density at radius 1 is 1.19 bits per heavy atom. The molecule has 1 saturated carbocycles. The summed E-state index contributed by atoms with van der Waals surface area (Å²) in [5.41, 5.74) is 4.35. The Balaban J connectivity index is 1.79. The van der Waals surface area contributed by atoms with Crippen molar-refractivity contribution in [1.82, 2.24) is 13.9 Å². The molecule has 0 saturated heterocycles. The highest BCUT2D eigenvalue weighted by Crippen LogP contribution is 2.41. The maximum absolute atomic E-state index is 13.0. The zero-order chi connectivity index (χ0) is 18.4. The molecule has 1 aliphatic rings. The summed E-state index contributed by atoms with van der Waals surface area (Å²) in [5.74, 6) is 0.599. The third-order valence-corrected chi connectivity index (χ3v) is 5.95. The van der Waals surface area contributed by atoms with E-state index in [0.29, 0.717) is 23.0 Å². The summed E-state index contributed by atoms with van der Waals surface area (Å²) in [6, 6.07) is 13.8. The van der Waals surface area contributed by atoms with Crippen molar-refractivity contribution in [1.29, 1.82) is 0 Å². The fourth-order valence-electron chi connectivity index (χ4n) is 3.48. The van der Waals surface area contributed by atoms with Crippen molar-refractivity contribution in [2.45, 2.75) is 25.2 Å². The van der Waals surface area contributed by atoms with E-state index in [2.05, 4.69) is 27.6 Å². The van der Waals surface area contributed by atoms with E-state index in [1.807, 2.05) is 29.8 Å². The molecule has 134 valence electrons. The Bertz CT molecular complexity index is 1200. The highest BCUT2D eigenvalue weighted by Gasteiger charge is 2.24. The van der Waals surface area contributed by atoms with Gasteiger partial charge in [0.15, 0.2) is 0 Å². The van der Waals surface area contributed by atoms with Crippen molar-refractivity contribution in [2.24, 2.45) is 0 Å². The van der Waals surface area contributed by atoms with Gasteiger partial charge in [-0.2, -0.15) is 4.98 Å². The molecule has 0 unspecified atom stereocenters. The van der Waals surface area contributed by atoms with Crippen LogP contribution in [0.15, 0.2) is 58.8 Å². The van der Waals surface area contributed by atoms with Gasteiger partial charge in [0.25, 0.3) is 0 Å². The highest BCUT2D eigenvalue weighted by atomic mass is 35.5. The fraction of sp³-hybridized carbons (Fsp3) is 0.190. The zero-order valence-corrected chi connectivity index (χ0v) is 16.0. The minimum Gasteiger partial charge on any atom is -0.259 e. The van der Waals surface area contributed by atoms with Crippen molar-refractivity contribution < 1.29 is 0 Å². The molecular weight excluding hydrogens is 378 g/mol. The smallest absolute Gasteiger partial charge is 0.259 e. The number of benzene rings is 2. The van der Waals surface area contributed by atoms with Crippen LogP contribution in [0.1, 0.15) is 35.6 Å². The molecule has 0 bridgehead atoms. The second-order valence-electron chi connectivity index (χ2n) is 6.89. The molecule has 2 aromatic carbocycles. The van der Waals surface area contributed by atoms with E-state index in [0.717, 1.165) is 22.2 Å². The largest absolute Gasteiger partial charge is 0.352 e. The molecule has 4 aromatic rings. The summed E-state index contributed by atoms with van der Waals surface area (Å²) in [6.45, 7) is 0. The predicted octanol–water partition coefficient (Wildman–Crippen LogP) is 4.96. The molecule has 0 aliphatic heterocycles. The van der Waals surface area contributed by atoms with Crippen LogP contribution in [0.5, 0.6) is 0 Å². The quantitative estimate of drug-likeness (QED) is 0.492. The molecule has 0 atom stereocenters. The SMILES string of the molecule is O=c1nc(Cc2cnsc2)c2ccc(C3CC3)cc2n1-c1ccccc1Cl. The molecule has 2 aromatic heterocycles. The van der Waals surface area contributed by atoms with E-state index in [9.17, 15) is 4.79 Å². The van der Waals surface area contributed by atoms with E-state index in [4.69, 9.17) is 11.6 Å². The molecule has 0 amide bonds. The number of fused-ring (bicyclic) bond motifs is 1. The van der Waals surface area contributed by atoms with Crippen molar-refractivity contribution in [3.8, 4) is 5.69 Å². The molecule has 0 N–H and O–H groups in total. The van der Waals surface area contributed by atoms with Gasteiger partial charge in [0, 0.05) is 23.4 Å². The number of rotatable bonds is 4. The molecule has 0 spiro atoms. The van der Waals surface area contributed by atoms with Crippen LogP contribution in [0.3, 0.4) is 0 Å². The number of aromatic nitrogens is 3. The van der Waals surface area contributed by atoms with Gasteiger partial charge in [-0.1, -0.05) is 35.9 Å². The molecule has 27 heavy (non-hydrogen) atoms. The molecule has 1 fully saturated rings. The molecule has 4 nitrogen and oxygen atoms in total. The Kier molecular flexibility index (Phi) is 4.06. The molecule has 5 rings (SSSR count). The van der Waals surface area contributed by atoms with Crippen LogP contribution < -0.4 is 5.69 Å². The third kappa shape index (κ3) is 3.07. The molecule has 6 heteroatoms. The summed E-state index contributed by atoms with van der Waals surface area (Å²) in [6.07, 6.45) is 4.84. The van der Waals surface area contributed by atoms with Crippen molar-refractivity contribution in [2.75, 3.05) is 0 Å². The van der Waals surface area contributed by atoms with E-state index >= 15 is 0 Å². The summed E-state index contributed by atoms with van der Waals surface area (Å²) in [7, 11) is 0. The molecular formula is C21H16ClN3OS. The predicted molar refractivity (Wildman–Crippen MR) is 109 cm³/mol. The van der Waals surface area contributed by atoms with Gasteiger partial charge in [0.05, 0.1) is 21.9 Å². The fourth-order valence-corrected chi connectivity index (χ4v) is 4.24. The van der Waals surface area contributed by atoms with Gasteiger partial charge in [-0.25, -0.2) is 9.17 Å². The first-order valence-electron chi connectivity index (χ1n) is 8.89. The average molecular weight is 394 g/mol. The number of nitrogens with zero attached hydrogens (tertiary/aromatic N) is 3. The van der Waals surface area contributed by atoms with Gasteiger partial charge >= 0.3 is 5.69 Å². The van der Waals surface area contributed by atoms with Crippen molar-refractivity contribution >= 4 is 34.0 Å². The van der Waals surface area contributed by atoms with Crippen molar-refractivity contribution in [3.63, 3.8) is 0 Å². The highest BCUT2D eigenvalue weighted by molar-refractivity contribution is 7.03. The lowest BCUT2D eigenvalue weighted by Crippen LogP contribution is -2.24. The van der Waals surface area contributed by atoms with Gasteiger partial charge in [-0.15, -0.1) is 0 Å². The maximum atomic E-state index is 13.0. The number of para-hydroxylation sites is 1. The standard InChI is InChI=1S/C21H16ClN3OS/c22-17-3-1-2-4-19(17)25-20-10-15(14-5-6-14)7-8-16(20)18(24-21(25)26)9-13-11-23-27-12-13/h1-4,7-8,10-12,14H,5-6,9H2. The number of hydrogen-bond acceptors (Lipinski definition) is 4. The first-order chi connectivity index (χ1) is 13.2. The molecule has 0 radical (unpaired) electrons. The van der Waals surface area contributed by atoms with Crippen LogP contribution in [0.4, 0.5) is 0 Å². The minimum absolute atomic E-state index is 0.304. The Hall–Kier alpha value is -2.50. The third-order valence-electron chi connectivity index (χ3n) is 4.99. The van der Waals surface area contributed by atoms with E-state index in [-0.39, 0.29) is 5.69 Å². The Morgan fingerprint density at radius 2 is 2.04 bits per heavy atom. The van der Waals surface area contributed by atoms with Gasteiger partial charge in [0.1, 0.15) is 0 Å². The van der Waals surface area contributed by atoms with Gasteiger partial charge in [-0.05, 0) is 59.6 Å². The maximum Gasteiger partial charge on any atom is 0.352 e. The molecule has 2 heterocycles. The average Bonchev–Trinajstić information content (AvgIpc) is 3.40. The summed E-state index contributed by atoms with van der Waals surface area (Å²) in [4.78, 5) is 17.4. The van der Waals surface area contributed by atoms with Crippen LogP contribution in [-0.2, 0) is 6.42 Å². The van der Waals surface area contributed by atoms with E-state index in [1.54, 1.807) is 10.6 Å². The van der Waals surface area contributed by atoms with Gasteiger partial charge in [0.2, 0.25) is 0 Å². The number of halogens is 1. The summed E-state index contributed by atoms with van der Waals surface area (Å²) in [5, 5.41) is 3.51. The normalized spacial score (nSPS) is 14.0. The first-order valence-corrected chi connectivity index (χ1v) is 10.1. The lowest BCUT2D eigenvalue weighted by molar-refractivity contribution is 0.918. The minimum atomic E-state index is -0.304. The van der Waals surface area contributed by atoms with Crippen molar-refractivity contribution in [3.05, 3.63) is 86.4 Å². The van der Waals surface area contributed by atoms with Crippen LogP contribution in [0, 0.1) is 0 Å². The van der Waals surface area contributed by atoms with Gasteiger partial charge < -0.3 is 0 Å². The second kappa shape index (κ2) is 6.59. The number of hydrogen-bond donors (Lipinski definition) is 0. The lowest BCUT2D eigenvalue weighted by atomic mass is 10.0. The van der Waals surface area contributed by atoms with Crippen LogP contribution in [0.2, 0.25) is 5.02 Å². The Morgan fingerprint density at radius 3 is 2.78 bits per heavy atom. The molecule has 1 aliphatic carbocycles. The second-order valence-corrected chi connectivity index (χ2v) is 7.95. The Labute approximate surface area is 165 Å². The topological polar surface area (TPSA) is 47.8 Å². The monoisotopic (exact) mass is 393 g/mol. The van der Waals surface area contributed by atoms with E-state index < -0.39 is 0 Å². The summed E-state index contributed by atoms with van der Waals surface area (Å²) >= 11 is 7.81. The zero-order valence-electron chi connectivity index (χ0n) is 14.4.